The summed E-state index contributed by atoms with van der Waals surface area (Å²) < 4.78 is 5.42. The Morgan fingerprint density at radius 2 is 2.00 bits per heavy atom. The average molecular weight is 257 g/mol. The van der Waals surface area contributed by atoms with Crippen molar-refractivity contribution in [1.82, 2.24) is 0 Å². The highest BCUT2D eigenvalue weighted by Crippen LogP contribution is 2.18. The minimum Gasteiger partial charge on any atom is -0.479 e. The number of hydrogen-bond donors (Lipinski definition) is 1. The van der Waals surface area contributed by atoms with Gasteiger partial charge in [-0.1, -0.05) is 31.4 Å². The fourth-order valence-electron chi connectivity index (χ4n) is 1.49. The molecule has 3 nitrogen and oxygen atoms in total. The van der Waals surface area contributed by atoms with E-state index < -0.39 is 12.1 Å². The Hall–Kier alpha value is -1.22. The third-order valence-corrected chi connectivity index (χ3v) is 2.69. The summed E-state index contributed by atoms with van der Waals surface area (Å²) >= 11 is 5.74. The summed E-state index contributed by atoms with van der Waals surface area (Å²) in [7, 11) is 0. The molecule has 4 heteroatoms. The van der Waals surface area contributed by atoms with Gasteiger partial charge in [0.15, 0.2) is 6.10 Å². The maximum atomic E-state index is 11.0. The molecule has 0 aliphatic heterocycles. The number of carbonyl (C=O) groups is 1. The number of aliphatic carboxylic acids is 1. The summed E-state index contributed by atoms with van der Waals surface area (Å²) in [4.78, 5) is 11.0. The molecule has 17 heavy (non-hydrogen) atoms. The molecule has 0 aromatic heterocycles. The van der Waals surface area contributed by atoms with Crippen LogP contribution in [0.2, 0.25) is 5.02 Å². The van der Waals surface area contributed by atoms with Gasteiger partial charge in [0, 0.05) is 5.02 Å². The lowest BCUT2D eigenvalue weighted by Gasteiger charge is -2.14. The smallest absolute Gasteiger partial charge is 0.344 e. The molecule has 1 N–H and O–H groups in total. The topological polar surface area (TPSA) is 46.5 Å². The Morgan fingerprint density at radius 3 is 2.53 bits per heavy atom. The van der Waals surface area contributed by atoms with Crippen LogP contribution in [0.25, 0.3) is 0 Å². The Balaban J connectivity index is 2.54. The van der Waals surface area contributed by atoms with Crippen molar-refractivity contribution in [3.8, 4) is 5.75 Å². The molecule has 1 atom stereocenters. The summed E-state index contributed by atoms with van der Waals surface area (Å²) in [5.74, 6) is -0.380. The van der Waals surface area contributed by atoms with E-state index in [-0.39, 0.29) is 0 Å². The first kappa shape index (κ1) is 13.8. The van der Waals surface area contributed by atoms with Crippen molar-refractivity contribution in [2.75, 3.05) is 0 Å². The second-order valence-corrected chi connectivity index (χ2v) is 4.33. The van der Waals surface area contributed by atoms with E-state index in [1.165, 1.54) is 0 Å². The molecule has 0 amide bonds. The first-order valence-corrected chi connectivity index (χ1v) is 6.16. The van der Waals surface area contributed by atoms with Gasteiger partial charge in [0.05, 0.1) is 0 Å². The summed E-state index contributed by atoms with van der Waals surface area (Å²) in [6.45, 7) is 2.08. The molecule has 1 aromatic rings. The molecule has 94 valence electrons. The number of halogens is 1. The summed E-state index contributed by atoms with van der Waals surface area (Å²) in [5.41, 5.74) is 0. The molecule has 0 spiro atoms. The standard InChI is InChI=1S/C13H17ClO3/c1-2-3-4-5-12(13(15)16)17-11-8-6-10(14)7-9-11/h6-9,12H,2-5H2,1H3,(H,15,16)/t12-/m1/s1. The van der Waals surface area contributed by atoms with Gasteiger partial charge < -0.3 is 9.84 Å². The van der Waals surface area contributed by atoms with Crippen molar-refractivity contribution in [1.29, 1.82) is 0 Å². The molecular weight excluding hydrogens is 240 g/mol. The summed E-state index contributed by atoms with van der Waals surface area (Å²) in [6, 6.07) is 6.72. The van der Waals surface area contributed by atoms with Crippen LogP contribution in [0.1, 0.15) is 32.6 Å². The van der Waals surface area contributed by atoms with Gasteiger partial charge in [0.2, 0.25) is 0 Å². The highest BCUT2D eigenvalue weighted by molar-refractivity contribution is 6.30. The third-order valence-electron chi connectivity index (χ3n) is 2.44. The largest absolute Gasteiger partial charge is 0.479 e. The van der Waals surface area contributed by atoms with Crippen molar-refractivity contribution < 1.29 is 14.6 Å². The van der Waals surface area contributed by atoms with Crippen molar-refractivity contribution in [3.63, 3.8) is 0 Å². The van der Waals surface area contributed by atoms with Crippen molar-refractivity contribution in [2.45, 2.75) is 38.7 Å². The molecule has 0 aliphatic carbocycles. The molecule has 0 heterocycles. The van der Waals surface area contributed by atoms with Crippen LogP contribution in [-0.4, -0.2) is 17.2 Å². The van der Waals surface area contributed by atoms with Crippen LogP contribution >= 0.6 is 11.6 Å². The molecule has 0 aliphatic rings. The van der Waals surface area contributed by atoms with E-state index in [9.17, 15) is 4.79 Å². The number of carboxylic acids is 1. The predicted molar refractivity (Wildman–Crippen MR) is 67.6 cm³/mol. The Kier molecular flexibility index (Phi) is 5.84. The number of ether oxygens (including phenoxy) is 1. The van der Waals surface area contributed by atoms with Crippen molar-refractivity contribution in [2.24, 2.45) is 0 Å². The predicted octanol–water partition coefficient (Wildman–Crippen LogP) is 3.75. The van der Waals surface area contributed by atoms with Crippen LogP contribution in [0, 0.1) is 0 Å². The van der Waals surface area contributed by atoms with Gasteiger partial charge in [-0.3, -0.25) is 0 Å². The van der Waals surface area contributed by atoms with Crippen LogP contribution in [0.5, 0.6) is 5.75 Å². The SMILES string of the molecule is CCCCC[C@@H](Oc1ccc(Cl)cc1)C(=O)O. The molecule has 0 fully saturated rings. The first-order chi connectivity index (χ1) is 8.13. The number of carboxylic acid groups (broad SMARTS) is 1. The van der Waals surface area contributed by atoms with Gasteiger partial charge >= 0.3 is 5.97 Å². The minimum atomic E-state index is -0.920. The van der Waals surface area contributed by atoms with E-state index in [0.29, 0.717) is 17.2 Å². The molecule has 0 bridgehead atoms. The zero-order chi connectivity index (χ0) is 12.7. The molecular formula is C13H17ClO3. The summed E-state index contributed by atoms with van der Waals surface area (Å²) in [5, 5.41) is 9.64. The normalized spacial score (nSPS) is 12.1. The monoisotopic (exact) mass is 256 g/mol. The van der Waals surface area contributed by atoms with Crippen LogP contribution in [0.15, 0.2) is 24.3 Å². The second kappa shape index (κ2) is 7.17. The van der Waals surface area contributed by atoms with Gasteiger partial charge in [-0.2, -0.15) is 0 Å². The number of benzene rings is 1. The lowest BCUT2D eigenvalue weighted by Crippen LogP contribution is -2.26. The van der Waals surface area contributed by atoms with E-state index in [1.807, 2.05) is 0 Å². The van der Waals surface area contributed by atoms with Crippen molar-refractivity contribution in [3.05, 3.63) is 29.3 Å². The van der Waals surface area contributed by atoms with E-state index in [4.69, 9.17) is 21.4 Å². The van der Waals surface area contributed by atoms with E-state index in [1.54, 1.807) is 24.3 Å². The molecule has 1 rings (SSSR count). The van der Waals surface area contributed by atoms with Gasteiger partial charge in [0.1, 0.15) is 5.75 Å². The average Bonchev–Trinajstić information content (AvgIpc) is 2.30. The quantitative estimate of drug-likeness (QED) is 0.756. The van der Waals surface area contributed by atoms with Crippen LogP contribution in [-0.2, 0) is 4.79 Å². The van der Waals surface area contributed by atoms with Gasteiger partial charge in [-0.15, -0.1) is 0 Å². The van der Waals surface area contributed by atoms with Gasteiger partial charge in [-0.05, 0) is 37.1 Å². The lowest BCUT2D eigenvalue weighted by atomic mass is 10.1. The highest BCUT2D eigenvalue weighted by Gasteiger charge is 2.18. The first-order valence-electron chi connectivity index (χ1n) is 5.78. The Labute approximate surface area is 106 Å². The van der Waals surface area contributed by atoms with Gasteiger partial charge in [0.25, 0.3) is 0 Å². The molecule has 1 aromatic carbocycles. The van der Waals surface area contributed by atoms with Crippen LogP contribution in [0.4, 0.5) is 0 Å². The van der Waals surface area contributed by atoms with E-state index in [2.05, 4.69) is 6.92 Å². The molecule has 0 saturated heterocycles. The fraction of sp³-hybridized carbons (Fsp3) is 0.462. The fourth-order valence-corrected chi connectivity index (χ4v) is 1.62. The maximum Gasteiger partial charge on any atom is 0.344 e. The van der Waals surface area contributed by atoms with E-state index >= 15 is 0 Å². The zero-order valence-corrected chi connectivity index (χ0v) is 10.6. The number of unbranched alkanes of at least 4 members (excludes halogenated alkanes) is 2. The Morgan fingerprint density at radius 1 is 1.35 bits per heavy atom. The van der Waals surface area contributed by atoms with Gasteiger partial charge in [-0.25, -0.2) is 4.79 Å². The third kappa shape index (κ3) is 5.09. The molecule has 0 radical (unpaired) electrons. The lowest BCUT2D eigenvalue weighted by molar-refractivity contribution is -0.145. The van der Waals surface area contributed by atoms with Crippen LogP contribution < -0.4 is 4.74 Å². The number of rotatable bonds is 7. The molecule has 0 unspecified atom stereocenters. The number of hydrogen-bond acceptors (Lipinski definition) is 2. The summed E-state index contributed by atoms with van der Waals surface area (Å²) in [6.07, 6.45) is 2.70. The second-order valence-electron chi connectivity index (χ2n) is 3.89. The minimum absolute atomic E-state index is 0.534. The van der Waals surface area contributed by atoms with Crippen molar-refractivity contribution >= 4 is 17.6 Å². The highest BCUT2D eigenvalue weighted by atomic mass is 35.5. The Bertz CT molecular complexity index is 348. The maximum absolute atomic E-state index is 11.0. The van der Waals surface area contributed by atoms with E-state index in [0.717, 1.165) is 19.3 Å². The zero-order valence-electron chi connectivity index (χ0n) is 9.86. The van der Waals surface area contributed by atoms with Crippen LogP contribution in [0.3, 0.4) is 0 Å². The molecule has 0 saturated carbocycles.